The zero-order valence-corrected chi connectivity index (χ0v) is 3.31. The van der Waals surface area contributed by atoms with Crippen LogP contribution >= 0.6 is 0 Å². The van der Waals surface area contributed by atoms with Crippen molar-refractivity contribution in [1.82, 2.24) is 0 Å². The van der Waals surface area contributed by atoms with Gasteiger partial charge in [0, 0.05) is 0 Å². The van der Waals surface area contributed by atoms with E-state index in [1.165, 1.54) is 0 Å². The third kappa shape index (κ3) is 285. The molecule has 0 spiro atoms. The molecule has 7 heteroatoms. The van der Waals surface area contributed by atoms with Crippen molar-refractivity contribution in [2.75, 3.05) is 0 Å². The average molecular weight is 191 g/mol. The van der Waals surface area contributed by atoms with Crippen LogP contribution in [0.5, 0.6) is 0 Å². The predicted molar refractivity (Wildman–Crippen MR) is 15.8 cm³/mol. The van der Waals surface area contributed by atoms with Crippen molar-refractivity contribution in [3.63, 3.8) is 0 Å². The first-order valence-corrected chi connectivity index (χ1v) is 1.90. The normalized spacial score (nSPS) is 8.57. The minimum atomic E-state index is -4.69. The molecule has 0 saturated heterocycles. The van der Waals surface area contributed by atoms with E-state index in [0.717, 1.165) is 0 Å². The second-order valence-corrected chi connectivity index (χ2v) is 1.19. The minimum absolute atomic E-state index is 0. The summed E-state index contributed by atoms with van der Waals surface area (Å²) in [5, 5.41) is 0. The van der Waals surface area contributed by atoms with Gasteiger partial charge in [-0.3, -0.25) is 0 Å². The molecule has 0 saturated carbocycles. The quantitative estimate of drug-likeness (QED) is 0.383. The first-order valence-electron chi connectivity index (χ1n) is 0.632. The third-order valence-electron chi connectivity index (χ3n) is 0. The Labute approximate surface area is 54.7 Å². The number of hydrogen-bond donors (Lipinski definition) is 1. The molecule has 0 aromatic heterocycles. The summed E-state index contributed by atoms with van der Waals surface area (Å²) in [6.45, 7) is 0. The van der Waals surface area contributed by atoms with E-state index in [9.17, 15) is 0 Å². The maximum absolute atomic E-state index is 8.60. The van der Waals surface area contributed by atoms with Gasteiger partial charge in [-0.15, -0.1) is 0 Å². The molecular weight excluding hydrogens is 185 g/mol. The van der Waals surface area contributed by atoms with Crippen LogP contribution in [0.1, 0.15) is 0 Å². The van der Waals surface area contributed by atoms with Crippen molar-refractivity contribution in [3.8, 4) is 0 Å². The van der Waals surface area contributed by atoms with Crippen LogP contribution < -0.4 is 14.0 Å². The summed E-state index contributed by atoms with van der Waals surface area (Å²) >= 11 is 0. The van der Waals surface area contributed by atoms with Crippen molar-refractivity contribution >= 4 is 19.8 Å². The Morgan fingerprint density at radius 2 is 1.14 bits per heavy atom. The summed E-state index contributed by atoms with van der Waals surface area (Å²) in [5.74, 6) is 0. The van der Waals surface area contributed by atoms with E-state index in [1.54, 1.807) is 0 Å². The summed E-state index contributed by atoms with van der Waals surface area (Å²) < 4.78 is 32.7. The van der Waals surface area contributed by atoms with E-state index >= 15 is 0 Å². The van der Waals surface area contributed by atoms with Crippen LogP contribution in [-0.2, 0) is 0 Å². The third-order valence-corrected chi connectivity index (χ3v) is 0. The van der Waals surface area contributed by atoms with Gasteiger partial charge in [-0.05, 0) is 0 Å². The first-order chi connectivity index (χ1) is 2.00. The fourth-order valence-corrected chi connectivity index (χ4v) is 0. The van der Waals surface area contributed by atoms with E-state index < -0.39 is 10.2 Å². The van der Waals surface area contributed by atoms with Gasteiger partial charge in [0.25, 0.3) is 0 Å². The fourth-order valence-electron chi connectivity index (χ4n) is 0. The first kappa shape index (κ1) is 15.6. The van der Waals surface area contributed by atoms with Gasteiger partial charge >= 0.3 is 19.8 Å². The molecule has 3 N–H and O–H groups in total. The number of halogens is 1. The Hall–Kier alpha value is 0.726. The van der Waals surface area contributed by atoms with Gasteiger partial charge in [0.05, 0.1) is 14.9 Å². The molecule has 0 fully saturated rings. The van der Waals surface area contributed by atoms with Crippen molar-refractivity contribution in [2.45, 2.75) is 0 Å². The maximum atomic E-state index is 8.60. The van der Waals surface area contributed by atoms with Crippen LogP contribution in [0.2, 0.25) is 0 Å². The number of hydrogen-bond acceptors (Lipinski definition) is 4. The van der Waals surface area contributed by atoms with Gasteiger partial charge in [0.15, 0.2) is 0 Å². The van der Waals surface area contributed by atoms with Crippen LogP contribution in [0.3, 0.4) is 0 Å². The van der Waals surface area contributed by atoms with Crippen LogP contribution in [0.25, 0.3) is 0 Å². The number of rotatable bonds is 0. The largest absolute Gasteiger partial charge is 0.183 e. The molecule has 0 aliphatic rings. The molecule has 46 valence electrons. The Bertz CT molecular complexity index is 23.6. The topological polar surface area (TPSA) is 121 Å². The van der Waals surface area contributed by atoms with Gasteiger partial charge < -0.3 is 5.48 Å². The fraction of sp³-hybridized carbons (Fsp3) is 0. The molecule has 0 aromatic rings. The summed E-state index contributed by atoms with van der Waals surface area (Å²) in [6, 6.07) is 0. The molecule has 0 heterocycles. The maximum Gasteiger partial charge on any atom is 0.0777 e. The zero-order chi connectivity index (χ0) is 4.50. The Morgan fingerprint density at radius 1 is 1.14 bits per heavy atom. The van der Waals surface area contributed by atoms with Gasteiger partial charge in [0.2, 0.25) is 0 Å². The zero-order valence-electron chi connectivity index (χ0n) is 2.55. The van der Waals surface area contributed by atoms with Crippen molar-refractivity contribution < 1.29 is 34.4 Å². The Balaban J connectivity index is -0.0000000800. The predicted octanol–water partition coefficient (Wildman–Crippen LogP) is -6.13. The summed E-state index contributed by atoms with van der Waals surface area (Å²) in [6.07, 6.45) is 0. The monoisotopic (exact) mass is 190 g/mol. The molecule has 0 bridgehead atoms. The standard InChI is InChI=1S/ClHO4.Ga.H2O.3H/c2-1(3,4)5;;;;;/h(H,2,3,4,5);;1H2;;;. The Kier molecular flexibility index (Phi) is 10.9. The van der Waals surface area contributed by atoms with E-state index in [0.29, 0.717) is 0 Å². The molecule has 0 unspecified atom stereocenters. The van der Waals surface area contributed by atoms with Crippen LogP contribution in [0, 0.1) is 10.2 Å². The molecule has 0 aliphatic heterocycles. The van der Waals surface area contributed by atoms with Crippen molar-refractivity contribution in [2.24, 2.45) is 0 Å². The summed E-state index contributed by atoms with van der Waals surface area (Å²) in [4.78, 5) is 0. The average Bonchev–Trinajstić information content (AvgIpc) is 0.722. The smallest absolute Gasteiger partial charge is 0.0777 e. The van der Waals surface area contributed by atoms with E-state index in [4.69, 9.17) is 18.6 Å². The van der Waals surface area contributed by atoms with Crippen molar-refractivity contribution in [3.05, 3.63) is 0 Å². The molecule has 0 aromatic carbocycles. The van der Waals surface area contributed by atoms with Crippen LogP contribution in [-0.4, -0.2) is 29.9 Å². The van der Waals surface area contributed by atoms with E-state index in [-0.39, 0.29) is 25.3 Å². The van der Waals surface area contributed by atoms with Gasteiger partial charge in [0.1, 0.15) is 0 Å². The molecule has 5 nitrogen and oxygen atoms in total. The molecule has 0 radical (unpaired) electrons. The molecule has 0 atom stereocenters. The molecule has 0 aliphatic carbocycles. The van der Waals surface area contributed by atoms with Crippen LogP contribution in [0.4, 0.5) is 0 Å². The van der Waals surface area contributed by atoms with E-state index in [1.807, 2.05) is 0 Å². The molecule has 0 amide bonds. The minimum Gasteiger partial charge on any atom is -0.183 e. The van der Waals surface area contributed by atoms with Gasteiger partial charge in [-0.1, -0.05) is 0 Å². The summed E-state index contributed by atoms with van der Waals surface area (Å²) in [5.41, 5.74) is 0. The second kappa shape index (κ2) is 4.88. The van der Waals surface area contributed by atoms with Crippen LogP contribution in [0.15, 0.2) is 0 Å². The van der Waals surface area contributed by atoms with Gasteiger partial charge in [-0.2, -0.15) is 14.0 Å². The Morgan fingerprint density at radius 3 is 1.14 bits per heavy atom. The SMILES string of the molecule is O.[GaH3].[O-][Cl+3]([O-])([O-])O. The molecular formula is H6ClGaO5. The van der Waals surface area contributed by atoms with E-state index in [2.05, 4.69) is 0 Å². The second-order valence-electron chi connectivity index (χ2n) is 0.396. The molecule has 0 rings (SSSR count). The summed E-state index contributed by atoms with van der Waals surface area (Å²) in [7, 11) is -4.69. The van der Waals surface area contributed by atoms with Gasteiger partial charge in [-0.25, -0.2) is 0 Å². The molecule has 7 heavy (non-hydrogen) atoms. The van der Waals surface area contributed by atoms with Crippen molar-refractivity contribution in [1.29, 1.82) is 0 Å².